The standard InChI is InChI=1S/C16H14O4/c1-7(2)9-3-8-4-11-12(20-6-19-11)5-10(8)14-13(9)15(17)16(14)18/h3-5,7,9-10H,6H2,1-2H3. The molecule has 1 aromatic rings. The molecule has 0 bridgehead atoms. The normalized spacial score (nSPS) is 26.9. The zero-order valence-electron chi connectivity index (χ0n) is 11.3. The monoisotopic (exact) mass is 270 g/mol. The third-order valence-corrected chi connectivity index (χ3v) is 4.37. The fraction of sp³-hybridized carbons (Fsp3) is 0.375. The topological polar surface area (TPSA) is 52.6 Å². The predicted octanol–water partition coefficient (Wildman–Crippen LogP) is 1.83. The molecular formula is C16H14O4. The smallest absolute Gasteiger partial charge is 0.231 e. The van der Waals surface area contributed by atoms with Gasteiger partial charge < -0.3 is 9.47 Å². The molecule has 3 aliphatic rings. The van der Waals surface area contributed by atoms with Crippen molar-refractivity contribution in [1.82, 2.24) is 0 Å². The maximum absolute atomic E-state index is 12.0. The van der Waals surface area contributed by atoms with Gasteiger partial charge in [-0.05, 0) is 23.6 Å². The molecule has 102 valence electrons. The van der Waals surface area contributed by atoms with E-state index < -0.39 is 0 Å². The average molecular weight is 270 g/mol. The average Bonchev–Trinajstić information content (AvgIpc) is 2.88. The Balaban J connectivity index is 1.91. The van der Waals surface area contributed by atoms with Gasteiger partial charge in [-0.2, -0.15) is 0 Å². The number of hydrogen-bond donors (Lipinski definition) is 0. The molecule has 4 rings (SSSR count). The highest BCUT2D eigenvalue weighted by Crippen LogP contribution is 2.45. The van der Waals surface area contributed by atoms with Crippen molar-refractivity contribution in [3.05, 3.63) is 66.9 Å². The first kappa shape index (κ1) is 11.7. The van der Waals surface area contributed by atoms with Gasteiger partial charge in [-0.15, -0.1) is 0 Å². The molecule has 0 radical (unpaired) electrons. The van der Waals surface area contributed by atoms with Crippen molar-refractivity contribution in [3.63, 3.8) is 0 Å². The molecule has 20 heavy (non-hydrogen) atoms. The van der Waals surface area contributed by atoms with Crippen molar-refractivity contribution >= 4 is 0 Å². The second-order valence-electron chi connectivity index (χ2n) is 5.85. The summed E-state index contributed by atoms with van der Waals surface area (Å²) in [6.45, 7) is 4.34. The van der Waals surface area contributed by atoms with E-state index in [0.717, 1.165) is 11.3 Å². The Morgan fingerprint density at radius 3 is 2.50 bits per heavy atom. The van der Waals surface area contributed by atoms with Gasteiger partial charge >= 0.3 is 0 Å². The highest BCUT2D eigenvalue weighted by Gasteiger charge is 2.40. The van der Waals surface area contributed by atoms with E-state index >= 15 is 0 Å². The molecule has 0 N–H and O–H groups in total. The Hall–Kier alpha value is -2.10. The Morgan fingerprint density at radius 2 is 1.75 bits per heavy atom. The van der Waals surface area contributed by atoms with Crippen LogP contribution in [-0.4, -0.2) is 6.79 Å². The minimum Gasteiger partial charge on any atom is -0.454 e. The van der Waals surface area contributed by atoms with E-state index in [1.807, 2.05) is 12.2 Å². The molecule has 0 saturated carbocycles. The van der Waals surface area contributed by atoms with Gasteiger partial charge in [-0.25, -0.2) is 0 Å². The van der Waals surface area contributed by atoms with Gasteiger partial charge in [0, 0.05) is 23.0 Å². The first-order valence-electron chi connectivity index (χ1n) is 6.82. The molecule has 2 atom stereocenters. The number of fused-ring (bicyclic) bond motifs is 4. The minimum absolute atomic E-state index is 0.0237. The van der Waals surface area contributed by atoms with Crippen LogP contribution in [0, 0.1) is 5.92 Å². The lowest BCUT2D eigenvalue weighted by atomic mass is 9.69. The Bertz CT molecular complexity index is 769. The zero-order valence-corrected chi connectivity index (χ0v) is 11.3. The van der Waals surface area contributed by atoms with Crippen LogP contribution in [0.1, 0.15) is 36.8 Å². The van der Waals surface area contributed by atoms with Gasteiger partial charge in [0.05, 0.1) is 0 Å². The number of hydrogen-bond acceptors (Lipinski definition) is 4. The number of rotatable bonds is 1. The van der Waals surface area contributed by atoms with Crippen LogP contribution in [0.25, 0.3) is 0 Å². The summed E-state index contributed by atoms with van der Waals surface area (Å²) in [7, 11) is 0. The minimum atomic E-state index is -0.339. The lowest BCUT2D eigenvalue weighted by Crippen LogP contribution is -2.45. The summed E-state index contributed by atoms with van der Waals surface area (Å²) in [5, 5.41) is 0. The van der Waals surface area contributed by atoms with Crippen molar-refractivity contribution < 1.29 is 9.47 Å². The van der Waals surface area contributed by atoms with Gasteiger partial charge in [0.15, 0.2) is 11.5 Å². The third kappa shape index (κ3) is 1.31. The maximum atomic E-state index is 12.0. The Morgan fingerprint density at radius 1 is 1.05 bits per heavy atom. The highest BCUT2D eigenvalue weighted by atomic mass is 16.7. The SMILES string of the molecule is CC(C)C1C=C2C=C3OCOC3=CC2c2c1c(=O)c2=O. The molecule has 4 heteroatoms. The molecule has 4 nitrogen and oxygen atoms in total. The molecule has 1 aliphatic heterocycles. The van der Waals surface area contributed by atoms with E-state index in [9.17, 15) is 9.59 Å². The van der Waals surface area contributed by atoms with Crippen LogP contribution in [0.4, 0.5) is 0 Å². The molecule has 0 spiro atoms. The molecule has 0 amide bonds. The summed E-state index contributed by atoms with van der Waals surface area (Å²) in [5.74, 6) is 1.56. The molecule has 1 aromatic carbocycles. The van der Waals surface area contributed by atoms with Gasteiger partial charge in [0.25, 0.3) is 0 Å². The highest BCUT2D eigenvalue weighted by molar-refractivity contribution is 5.58. The van der Waals surface area contributed by atoms with Crippen LogP contribution in [0.3, 0.4) is 0 Å². The fourth-order valence-electron chi connectivity index (χ4n) is 3.32. The molecule has 2 aliphatic carbocycles. The molecule has 1 saturated heterocycles. The Labute approximate surface area is 115 Å². The van der Waals surface area contributed by atoms with E-state index in [4.69, 9.17) is 9.47 Å². The van der Waals surface area contributed by atoms with Crippen LogP contribution < -0.4 is 10.9 Å². The van der Waals surface area contributed by atoms with E-state index in [1.165, 1.54) is 0 Å². The van der Waals surface area contributed by atoms with Crippen LogP contribution in [-0.2, 0) is 9.47 Å². The van der Waals surface area contributed by atoms with Crippen molar-refractivity contribution in [2.75, 3.05) is 6.79 Å². The summed E-state index contributed by atoms with van der Waals surface area (Å²) >= 11 is 0. The van der Waals surface area contributed by atoms with E-state index in [0.29, 0.717) is 16.9 Å². The number of allylic oxidation sites excluding steroid dienone is 4. The second kappa shape index (κ2) is 3.72. The molecule has 0 aromatic heterocycles. The molecule has 2 unspecified atom stereocenters. The van der Waals surface area contributed by atoms with Crippen molar-refractivity contribution in [2.45, 2.75) is 25.7 Å². The second-order valence-corrected chi connectivity index (χ2v) is 5.85. The maximum Gasteiger partial charge on any atom is 0.231 e. The van der Waals surface area contributed by atoms with Gasteiger partial charge in [-0.3, -0.25) is 9.59 Å². The van der Waals surface area contributed by atoms with Crippen molar-refractivity contribution in [3.8, 4) is 0 Å². The van der Waals surface area contributed by atoms with Crippen LogP contribution in [0.15, 0.2) is 44.9 Å². The molecule has 1 fully saturated rings. The largest absolute Gasteiger partial charge is 0.454 e. The molecule has 1 heterocycles. The summed E-state index contributed by atoms with van der Waals surface area (Å²) < 4.78 is 10.8. The third-order valence-electron chi connectivity index (χ3n) is 4.37. The van der Waals surface area contributed by atoms with Crippen LogP contribution >= 0.6 is 0 Å². The van der Waals surface area contributed by atoms with Gasteiger partial charge in [0.2, 0.25) is 17.7 Å². The van der Waals surface area contributed by atoms with Crippen LogP contribution in [0.2, 0.25) is 0 Å². The van der Waals surface area contributed by atoms with Crippen molar-refractivity contribution in [1.29, 1.82) is 0 Å². The van der Waals surface area contributed by atoms with Crippen molar-refractivity contribution in [2.24, 2.45) is 5.92 Å². The van der Waals surface area contributed by atoms with E-state index in [1.54, 1.807) is 0 Å². The Kier molecular flexibility index (Phi) is 2.18. The lowest BCUT2D eigenvalue weighted by molar-refractivity contribution is 0.0978. The summed E-state index contributed by atoms with van der Waals surface area (Å²) in [6.07, 6.45) is 5.92. The van der Waals surface area contributed by atoms with Gasteiger partial charge in [0.1, 0.15) is 0 Å². The summed E-state index contributed by atoms with van der Waals surface area (Å²) in [6, 6.07) is 0. The zero-order chi connectivity index (χ0) is 14.0. The van der Waals surface area contributed by atoms with E-state index in [-0.39, 0.29) is 35.4 Å². The predicted molar refractivity (Wildman–Crippen MR) is 73.0 cm³/mol. The van der Waals surface area contributed by atoms with Gasteiger partial charge in [-0.1, -0.05) is 19.9 Å². The lowest BCUT2D eigenvalue weighted by Gasteiger charge is -2.33. The first-order chi connectivity index (χ1) is 9.58. The summed E-state index contributed by atoms with van der Waals surface area (Å²) in [5.41, 5.74) is 1.74. The fourth-order valence-corrected chi connectivity index (χ4v) is 3.32. The van der Waals surface area contributed by atoms with Crippen LogP contribution in [0.5, 0.6) is 0 Å². The first-order valence-corrected chi connectivity index (χ1v) is 6.82. The number of ether oxygens (including phenoxy) is 2. The van der Waals surface area contributed by atoms with E-state index in [2.05, 4.69) is 19.9 Å². The quantitative estimate of drug-likeness (QED) is 0.731. The molecular weight excluding hydrogens is 256 g/mol. The summed E-state index contributed by atoms with van der Waals surface area (Å²) in [4.78, 5) is 23.8.